The lowest BCUT2D eigenvalue weighted by atomic mass is 9.85. The summed E-state index contributed by atoms with van der Waals surface area (Å²) in [6, 6.07) is 8.48. The van der Waals surface area contributed by atoms with E-state index in [1.54, 1.807) is 0 Å². The summed E-state index contributed by atoms with van der Waals surface area (Å²) in [5, 5.41) is 3.53. The van der Waals surface area contributed by atoms with Crippen molar-refractivity contribution in [2.24, 2.45) is 11.8 Å². The number of fused-ring (bicyclic) bond motifs is 1. The highest BCUT2D eigenvalue weighted by Crippen LogP contribution is 2.24. The van der Waals surface area contributed by atoms with Gasteiger partial charge in [-0.05, 0) is 56.8 Å². The Hall–Kier alpha value is -1.35. The molecule has 0 amide bonds. The van der Waals surface area contributed by atoms with Crippen LogP contribution in [0.3, 0.4) is 0 Å². The molecule has 0 spiro atoms. The van der Waals surface area contributed by atoms with Crippen molar-refractivity contribution in [2.45, 2.75) is 39.7 Å². The molecule has 1 saturated heterocycles. The summed E-state index contributed by atoms with van der Waals surface area (Å²) in [6.45, 7) is 7.98. The molecule has 0 radical (unpaired) electrons. The van der Waals surface area contributed by atoms with Gasteiger partial charge in [0, 0.05) is 13.0 Å². The van der Waals surface area contributed by atoms with E-state index in [0.717, 1.165) is 30.3 Å². The Bertz CT molecular complexity index is 573. The molecule has 1 aliphatic rings. The fourth-order valence-corrected chi connectivity index (χ4v) is 3.42. The maximum Gasteiger partial charge on any atom is 0.109 e. The highest BCUT2D eigenvalue weighted by Gasteiger charge is 2.21. The molecule has 0 saturated carbocycles. The zero-order chi connectivity index (χ0) is 13.9. The minimum atomic E-state index is 0.800. The molecule has 108 valence electrons. The molecule has 2 heterocycles. The van der Waals surface area contributed by atoms with E-state index in [1.807, 2.05) is 0 Å². The van der Waals surface area contributed by atoms with Crippen LogP contribution in [0.15, 0.2) is 24.3 Å². The van der Waals surface area contributed by atoms with E-state index in [9.17, 15) is 0 Å². The number of rotatable bonds is 4. The summed E-state index contributed by atoms with van der Waals surface area (Å²) in [5.74, 6) is 2.90. The average molecular weight is 271 g/mol. The summed E-state index contributed by atoms with van der Waals surface area (Å²) >= 11 is 0. The molecule has 2 unspecified atom stereocenters. The molecule has 1 N–H and O–H groups in total. The molecule has 20 heavy (non-hydrogen) atoms. The number of hydrogen-bond donors (Lipinski definition) is 1. The average Bonchev–Trinajstić information content (AvgIpc) is 2.84. The Morgan fingerprint density at radius 2 is 2.20 bits per heavy atom. The summed E-state index contributed by atoms with van der Waals surface area (Å²) in [6.07, 6.45) is 3.66. The number of imidazole rings is 1. The third-order valence-electron chi connectivity index (χ3n) is 4.78. The molecule has 1 aromatic carbocycles. The van der Waals surface area contributed by atoms with E-state index in [4.69, 9.17) is 4.98 Å². The Morgan fingerprint density at radius 3 is 3.00 bits per heavy atom. The molecule has 0 bridgehead atoms. The van der Waals surface area contributed by atoms with Gasteiger partial charge in [0.15, 0.2) is 0 Å². The predicted octanol–water partition coefficient (Wildman–Crippen LogP) is 3.23. The first kappa shape index (κ1) is 13.6. The SMILES string of the molecule is CCn1c(CCC2CNCCC2C)nc2ccccc21. The van der Waals surface area contributed by atoms with Crippen LogP contribution in [-0.4, -0.2) is 22.6 Å². The molecule has 2 atom stereocenters. The summed E-state index contributed by atoms with van der Waals surface area (Å²) in [4.78, 5) is 4.84. The van der Waals surface area contributed by atoms with Crippen molar-refractivity contribution in [1.82, 2.24) is 14.9 Å². The molecular weight excluding hydrogens is 246 g/mol. The molecule has 2 aromatic rings. The molecule has 1 aliphatic heterocycles. The standard InChI is InChI=1S/C17H25N3/c1-3-20-16-7-5-4-6-15(16)19-17(20)9-8-14-12-18-11-10-13(14)2/h4-7,13-14,18H,3,8-12H2,1-2H3. The van der Waals surface area contributed by atoms with Gasteiger partial charge < -0.3 is 9.88 Å². The molecule has 1 aromatic heterocycles. The summed E-state index contributed by atoms with van der Waals surface area (Å²) < 4.78 is 2.37. The molecule has 0 aliphatic carbocycles. The fourth-order valence-electron chi connectivity index (χ4n) is 3.42. The number of nitrogens with zero attached hydrogens (tertiary/aromatic N) is 2. The first-order valence-corrected chi connectivity index (χ1v) is 7.94. The van der Waals surface area contributed by atoms with Crippen molar-refractivity contribution in [3.05, 3.63) is 30.1 Å². The van der Waals surface area contributed by atoms with E-state index in [1.165, 1.54) is 37.3 Å². The van der Waals surface area contributed by atoms with Gasteiger partial charge in [0.2, 0.25) is 0 Å². The van der Waals surface area contributed by atoms with Crippen molar-refractivity contribution in [3.63, 3.8) is 0 Å². The Morgan fingerprint density at radius 1 is 1.35 bits per heavy atom. The van der Waals surface area contributed by atoms with Crippen molar-refractivity contribution in [2.75, 3.05) is 13.1 Å². The number of nitrogens with one attached hydrogen (secondary N) is 1. The number of aryl methyl sites for hydroxylation is 2. The Kier molecular flexibility index (Phi) is 4.06. The van der Waals surface area contributed by atoms with Gasteiger partial charge in [-0.25, -0.2) is 4.98 Å². The number of benzene rings is 1. The number of hydrogen-bond acceptors (Lipinski definition) is 2. The van der Waals surface area contributed by atoms with Crippen molar-refractivity contribution in [1.29, 1.82) is 0 Å². The van der Waals surface area contributed by atoms with Crippen LogP contribution in [0.4, 0.5) is 0 Å². The third kappa shape index (κ3) is 2.59. The maximum absolute atomic E-state index is 4.84. The van der Waals surface area contributed by atoms with Crippen LogP contribution in [0.1, 0.15) is 32.5 Å². The fraction of sp³-hybridized carbons (Fsp3) is 0.588. The summed E-state index contributed by atoms with van der Waals surface area (Å²) in [7, 11) is 0. The van der Waals surface area contributed by atoms with Crippen LogP contribution in [0.5, 0.6) is 0 Å². The smallest absolute Gasteiger partial charge is 0.109 e. The van der Waals surface area contributed by atoms with E-state index < -0.39 is 0 Å². The van der Waals surface area contributed by atoms with Gasteiger partial charge in [-0.15, -0.1) is 0 Å². The van der Waals surface area contributed by atoms with Gasteiger partial charge in [-0.3, -0.25) is 0 Å². The quantitative estimate of drug-likeness (QED) is 0.925. The van der Waals surface area contributed by atoms with Gasteiger partial charge in [-0.2, -0.15) is 0 Å². The van der Waals surface area contributed by atoms with Crippen LogP contribution in [0.25, 0.3) is 11.0 Å². The van der Waals surface area contributed by atoms with Gasteiger partial charge in [0.05, 0.1) is 11.0 Å². The zero-order valence-electron chi connectivity index (χ0n) is 12.6. The first-order chi connectivity index (χ1) is 9.79. The van der Waals surface area contributed by atoms with E-state index in [2.05, 4.69) is 48.0 Å². The zero-order valence-corrected chi connectivity index (χ0v) is 12.6. The lowest BCUT2D eigenvalue weighted by Crippen LogP contribution is -2.35. The normalized spacial score (nSPS) is 23.3. The van der Waals surface area contributed by atoms with Gasteiger partial charge in [0.25, 0.3) is 0 Å². The van der Waals surface area contributed by atoms with Gasteiger partial charge in [0.1, 0.15) is 5.82 Å². The van der Waals surface area contributed by atoms with Crippen molar-refractivity contribution in [3.8, 4) is 0 Å². The van der Waals surface area contributed by atoms with Crippen LogP contribution in [-0.2, 0) is 13.0 Å². The van der Waals surface area contributed by atoms with Crippen LogP contribution >= 0.6 is 0 Å². The third-order valence-corrected chi connectivity index (χ3v) is 4.78. The second kappa shape index (κ2) is 5.96. The van der Waals surface area contributed by atoms with Gasteiger partial charge >= 0.3 is 0 Å². The van der Waals surface area contributed by atoms with E-state index in [0.29, 0.717) is 0 Å². The Labute approximate surface area is 121 Å². The highest BCUT2D eigenvalue weighted by atomic mass is 15.1. The van der Waals surface area contributed by atoms with E-state index in [-0.39, 0.29) is 0 Å². The van der Waals surface area contributed by atoms with E-state index >= 15 is 0 Å². The van der Waals surface area contributed by atoms with Crippen molar-refractivity contribution < 1.29 is 0 Å². The summed E-state index contributed by atoms with van der Waals surface area (Å²) in [5.41, 5.74) is 2.42. The maximum atomic E-state index is 4.84. The predicted molar refractivity (Wildman–Crippen MR) is 83.9 cm³/mol. The lowest BCUT2D eigenvalue weighted by Gasteiger charge is -2.29. The van der Waals surface area contributed by atoms with Gasteiger partial charge in [-0.1, -0.05) is 19.1 Å². The monoisotopic (exact) mass is 271 g/mol. The molecule has 1 fully saturated rings. The number of aromatic nitrogens is 2. The van der Waals surface area contributed by atoms with Crippen LogP contribution < -0.4 is 5.32 Å². The minimum absolute atomic E-state index is 0.800. The van der Waals surface area contributed by atoms with Crippen LogP contribution in [0.2, 0.25) is 0 Å². The second-order valence-corrected chi connectivity index (χ2v) is 6.03. The first-order valence-electron chi connectivity index (χ1n) is 7.94. The number of piperidine rings is 1. The molecule has 3 nitrogen and oxygen atoms in total. The Balaban J connectivity index is 1.76. The molecule has 3 rings (SSSR count). The van der Waals surface area contributed by atoms with Crippen LogP contribution in [0, 0.1) is 11.8 Å². The lowest BCUT2D eigenvalue weighted by molar-refractivity contribution is 0.258. The minimum Gasteiger partial charge on any atom is -0.328 e. The topological polar surface area (TPSA) is 29.9 Å². The largest absolute Gasteiger partial charge is 0.328 e. The molecule has 3 heteroatoms. The molecular formula is C17H25N3. The second-order valence-electron chi connectivity index (χ2n) is 6.03. The number of para-hydroxylation sites is 2. The highest BCUT2D eigenvalue weighted by molar-refractivity contribution is 5.75. The van der Waals surface area contributed by atoms with Crippen molar-refractivity contribution >= 4 is 11.0 Å².